The molecular weight excluding hydrogens is 226 g/mol. The molecule has 0 saturated heterocycles. The van der Waals surface area contributed by atoms with Gasteiger partial charge in [-0.3, -0.25) is 0 Å². The van der Waals surface area contributed by atoms with Crippen molar-refractivity contribution in [3.8, 4) is 11.5 Å². The highest BCUT2D eigenvalue weighted by molar-refractivity contribution is 5.81. The van der Waals surface area contributed by atoms with E-state index < -0.39 is 0 Å². The molecule has 1 heterocycles. The molecule has 0 aliphatic rings. The molecule has 0 aliphatic heterocycles. The second-order valence-electron chi connectivity index (χ2n) is 4.14. The molecular formula is C15H11NO2. The van der Waals surface area contributed by atoms with Gasteiger partial charge in [0.2, 0.25) is 5.89 Å². The molecule has 0 bridgehead atoms. The predicted octanol–water partition coefficient (Wildman–Crippen LogP) is 3.16. The molecule has 0 unspecified atom stereocenters. The van der Waals surface area contributed by atoms with Crippen molar-refractivity contribution >= 4 is 10.9 Å². The minimum absolute atomic E-state index is 0.345. The molecule has 1 aromatic heterocycles. The summed E-state index contributed by atoms with van der Waals surface area (Å²) in [5, 5.41) is 0.523. The molecule has 0 fully saturated rings. The lowest BCUT2D eigenvalue weighted by Gasteiger charge is -2.03. The average Bonchev–Trinajstić information content (AvgIpc) is 2.41. The van der Waals surface area contributed by atoms with Crippen molar-refractivity contribution in [1.82, 2.24) is 4.98 Å². The third-order valence-corrected chi connectivity index (χ3v) is 2.88. The van der Waals surface area contributed by atoms with Crippen molar-refractivity contribution in [2.75, 3.05) is 0 Å². The standard InChI is InChI=1S/C15H11NO2/c1-10-6-5-9-12-13(10)16-14(18-15(12)17)11-7-3-2-4-8-11/h2-9H,1H3. The molecule has 0 spiro atoms. The Balaban J connectivity index is 2.34. The number of fused-ring (bicyclic) bond motifs is 1. The highest BCUT2D eigenvalue weighted by atomic mass is 16.4. The molecule has 3 aromatic rings. The molecule has 18 heavy (non-hydrogen) atoms. The maximum atomic E-state index is 11.9. The van der Waals surface area contributed by atoms with Crippen LogP contribution in [0.1, 0.15) is 5.56 Å². The van der Waals surface area contributed by atoms with Gasteiger partial charge in [-0.2, -0.15) is 0 Å². The second-order valence-corrected chi connectivity index (χ2v) is 4.14. The number of aryl methyl sites for hydroxylation is 1. The lowest BCUT2D eigenvalue weighted by molar-refractivity contribution is 0.518. The average molecular weight is 237 g/mol. The normalized spacial score (nSPS) is 10.7. The summed E-state index contributed by atoms with van der Waals surface area (Å²) >= 11 is 0. The van der Waals surface area contributed by atoms with Gasteiger partial charge in [0.1, 0.15) is 0 Å². The van der Waals surface area contributed by atoms with Crippen molar-refractivity contribution < 1.29 is 4.42 Å². The summed E-state index contributed by atoms with van der Waals surface area (Å²) in [6.45, 7) is 1.93. The van der Waals surface area contributed by atoms with E-state index in [1.54, 1.807) is 6.07 Å². The zero-order chi connectivity index (χ0) is 12.5. The summed E-state index contributed by atoms with van der Waals surface area (Å²) < 4.78 is 5.26. The number of hydrogen-bond donors (Lipinski definition) is 0. The van der Waals surface area contributed by atoms with Crippen LogP contribution in [0.2, 0.25) is 0 Å². The minimum Gasteiger partial charge on any atom is -0.403 e. The third-order valence-electron chi connectivity index (χ3n) is 2.88. The maximum absolute atomic E-state index is 11.9. The van der Waals surface area contributed by atoms with Crippen LogP contribution in [0.5, 0.6) is 0 Å². The van der Waals surface area contributed by atoms with Gasteiger partial charge in [-0.05, 0) is 30.7 Å². The summed E-state index contributed by atoms with van der Waals surface area (Å²) in [4.78, 5) is 16.4. The molecule has 88 valence electrons. The van der Waals surface area contributed by atoms with Crippen molar-refractivity contribution in [2.24, 2.45) is 0 Å². The van der Waals surface area contributed by atoms with Crippen LogP contribution in [0.25, 0.3) is 22.4 Å². The van der Waals surface area contributed by atoms with Gasteiger partial charge in [0.05, 0.1) is 10.9 Å². The largest absolute Gasteiger partial charge is 0.403 e. The first-order valence-electron chi connectivity index (χ1n) is 5.71. The maximum Gasteiger partial charge on any atom is 0.347 e. The van der Waals surface area contributed by atoms with Gasteiger partial charge >= 0.3 is 5.63 Å². The van der Waals surface area contributed by atoms with Gasteiger partial charge in [-0.1, -0.05) is 30.3 Å². The number of hydrogen-bond acceptors (Lipinski definition) is 3. The van der Waals surface area contributed by atoms with Crippen molar-refractivity contribution in [3.63, 3.8) is 0 Å². The van der Waals surface area contributed by atoms with Gasteiger partial charge in [0.25, 0.3) is 0 Å². The Kier molecular flexibility index (Phi) is 2.45. The molecule has 3 heteroatoms. The van der Waals surface area contributed by atoms with Crippen LogP contribution in [0.3, 0.4) is 0 Å². The van der Waals surface area contributed by atoms with Crippen LogP contribution < -0.4 is 5.63 Å². The fourth-order valence-electron chi connectivity index (χ4n) is 1.94. The second kappa shape index (κ2) is 4.11. The van der Waals surface area contributed by atoms with E-state index >= 15 is 0 Å². The van der Waals surface area contributed by atoms with Crippen molar-refractivity contribution in [2.45, 2.75) is 6.92 Å². The van der Waals surface area contributed by atoms with Crippen LogP contribution in [0.15, 0.2) is 57.7 Å². The first-order valence-corrected chi connectivity index (χ1v) is 5.71. The lowest BCUT2D eigenvalue weighted by Crippen LogP contribution is -2.03. The Morgan fingerprint density at radius 2 is 1.78 bits per heavy atom. The fourth-order valence-corrected chi connectivity index (χ4v) is 1.94. The molecule has 0 aliphatic carbocycles. The van der Waals surface area contributed by atoms with Crippen LogP contribution >= 0.6 is 0 Å². The zero-order valence-corrected chi connectivity index (χ0v) is 9.88. The van der Waals surface area contributed by atoms with E-state index in [9.17, 15) is 4.79 Å². The van der Waals surface area contributed by atoms with E-state index in [0.29, 0.717) is 16.8 Å². The molecule has 0 saturated carbocycles. The van der Waals surface area contributed by atoms with Crippen LogP contribution in [0, 0.1) is 6.92 Å². The Labute approximate surface area is 104 Å². The van der Waals surface area contributed by atoms with Gasteiger partial charge in [0.15, 0.2) is 0 Å². The molecule has 3 rings (SSSR count). The van der Waals surface area contributed by atoms with E-state index in [1.165, 1.54) is 0 Å². The highest BCUT2D eigenvalue weighted by Crippen LogP contribution is 2.19. The smallest absolute Gasteiger partial charge is 0.347 e. The van der Waals surface area contributed by atoms with E-state index in [1.807, 2.05) is 49.4 Å². The Hall–Kier alpha value is -2.42. The summed E-state index contributed by atoms with van der Waals surface area (Å²) in [5.74, 6) is 0.363. The summed E-state index contributed by atoms with van der Waals surface area (Å²) in [7, 11) is 0. The third kappa shape index (κ3) is 1.70. The number of nitrogens with zero attached hydrogens (tertiary/aromatic N) is 1. The van der Waals surface area contributed by atoms with Crippen molar-refractivity contribution in [1.29, 1.82) is 0 Å². The van der Waals surface area contributed by atoms with E-state index in [4.69, 9.17) is 4.42 Å². The van der Waals surface area contributed by atoms with E-state index in [-0.39, 0.29) is 5.63 Å². The number of aromatic nitrogens is 1. The Morgan fingerprint density at radius 1 is 1.00 bits per heavy atom. The SMILES string of the molecule is Cc1cccc2c(=O)oc(-c3ccccc3)nc12. The quantitative estimate of drug-likeness (QED) is 0.653. The summed E-state index contributed by atoms with van der Waals surface area (Å²) in [6.07, 6.45) is 0. The first-order chi connectivity index (χ1) is 8.75. The lowest BCUT2D eigenvalue weighted by atomic mass is 10.1. The van der Waals surface area contributed by atoms with Gasteiger partial charge in [0, 0.05) is 5.56 Å². The van der Waals surface area contributed by atoms with Gasteiger partial charge < -0.3 is 4.42 Å². The van der Waals surface area contributed by atoms with E-state index in [2.05, 4.69) is 4.98 Å². The Bertz CT molecular complexity index is 760. The monoisotopic (exact) mass is 237 g/mol. The summed E-state index contributed by atoms with van der Waals surface area (Å²) in [6, 6.07) is 14.9. The highest BCUT2D eigenvalue weighted by Gasteiger charge is 2.09. The van der Waals surface area contributed by atoms with Crippen LogP contribution in [-0.2, 0) is 0 Å². The molecule has 3 nitrogen and oxygen atoms in total. The summed E-state index contributed by atoms with van der Waals surface area (Å²) in [5.41, 5.74) is 2.13. The van der Waals surface area contributed by atoms with E-state index in [0.717, 1.165) is 11.1 Å². The number of rotatable bonds is 1. The predicted molar refractivity (Wildman–Crippen MR) is 70.5 cm³/mol. The fraction of sp³-hybridized carbons (Fsp3) is 0.0667. The first kappa shape index (κ1) is 10.7. The van der Waals surface area contributed by atoms with Crippen LogP contribution in [0.4, 0.5) is 0 Å². The molecule has 0 N–H and O–H groups in total. The number of benzene rings is 2. The number of para-hydroxylation sites is 1. The topological polar surface area (TPSA) is 43.1 Å². The molecule has 0 amide bonds. The van der Waals surface area contributed by atoms with Gasteiger partial charge in [-0.15, -0.1) is 0 Å². The molecule has 0 atom stereocenters. The van der Waals surface area contributed by atoms with Crippen molar-refractivity contribution in [3.05, 3.63) is 64.5 Å². The Morgan fingerprint density at radius 3 is 2.56 bits per heavy atom. The zero-order valence-electron chi connectivity index (χ0n) is 9.88. The van der Waals surface area contributed by atoms with Gasteiger partial charge in [-0.25, -0.2) is 9.78 Å². The minimum atomic E-state index is -0.345. The van der Waals surface area contributed by atoms with Crippen LogP contribution in [-0.4, -0.2) is 4.98 Å². The molecule has 2 aromatic carbocycles. The molecule has 0 radical (unpaired) electrons.